The van der Waals surface area contributed by atoms with Crippen LogP contribution in [0.2, 0.25) is 0 Å². The minimum absolute atomic E-state index is 0.358. The van der Waals surface area contributed by atoms with Crippen molar-refractivity contribution in [1.29, 1.82) is 0 Å². The Hall–Kier alpha value is -1.68. The topological polar surface area (TPSA) is 56.0 Å². The van der Waals surface area contributed by atoms with Crippen LogP contribution >= 0.6 is 11.3 Å². The molecule has 0 aliphatic carbocycles. The lowest BCUT2D eigenvalue weighted by atomic mass is 10.0. The van der Waals surface area contributed by atoms with Crippen LogP contribution in [-0.4, -0.2) is 10.9 Å². The molecule has 0 radical (unpaired) electrons. The maximum Gasteiger partial charge on any atom is 0.277 e. The first-order valence-electron chi connectivity index (χ1n) is 5.91. The van der Waals surface area contributed by atoms with Gasteiger partial charge in [0.25, 0.3) is 5.91 Å². The molecule has 4 heteroatoms. The molecule has 0 aliphatic rings. The Bertz CT molecular complexity index is 543. The van der Waals surface area contributed by atoms with Crippen molar-refractivity contribution in [2.45, 2.75) is 20.3 Å². The van der Waals surface area contributed by atoms with E-state index < -0.39 is 5.91 Å². The Balaban J connectivity index is 2.20. The van der Waals surface area contributed by atoms with Crippen LogP contribution in [0.3, 0.4) is 0 Å². The van der Waals surface area contributed by atoms with Crippen molar-refractivity contribution < 1.29 is 4.79 Å². The molecule has 0 saturated carbocycles. The summed E-state index contributed by atoms with van der Waals surface area (Å²) in [4.78, 5) is 15.2. The molecule has 94 valence electrons. The van der Waals surface area contributed by atoms with Crippen LogP contribution in [0.4, 0.5) is 0 Å². The van der Waals surface area contributed by atoms with E-state index in [1.165, 1.54) is 16.9 Å². The maximum atomic E-state index is 11.0. The van der Waals surface area contributed by atoms with Gasteiger partial charge in [0, 0.05) is 10.9 Å². The minimum Gasteiger partial charge on any atom is -0.364 e. The molecule has 1 amide bonds. The number of hydrogen-bond donors (Lipinski definition) is 1. The molecule has 0 aliphatic heterocycles. The third-order valence-corrected chi connectivity index (χ3v) is 3.47. The number of thiazole rings is 1. The second-order valence-electron chi connectivity index (χ2n) is 4.70. The number of benzene rings is 1. The van der Waals surface area contributed by atoms with Gasteiger partial charge in [-0.3, -0.25) is 4.79 Å². The van der Waals surface area contributed by atoms with Gasteiger partial charge in [0.1, 0.15) is 0 Å². The monoisotopic (exact) mass is 260 g/mol. The van der Waals surface area contributed by atoms with Gasteiger partial charge in [0.2, 0.25) is 0 Å². The lowest BCUT2D eigenvalue weighted by Crippen LogP contribution is -2.10. The summed E-state index contributed by atoms with van der Waals surface area (Å²) in [5.41, 5.74) is 8.34. The van der Waals surface area contributed by atoms with Crippen LogP contribution in [0.1, 0.15) is 29.2 Å². The third-order valence-electron chi connectivity index (χ3n) is 2.61. The number of carbonyl (C=O) groups is 1. The summed E-state index contributed by atoms with van der Waals surface area (Å²) >= 11 is 1.28. The standard InChI is InChI=1S/C14H16N2OS/c1-9(2)7-10-3-5-11(6-4-10)12-8-18-14(16-12)13(15)17/h3-6,8-9H,7H2,1-2H3,(H2,15,17). The first-order chi connectivity index (χ1) is 8.56. The van der Waals surface area contributed by atoms with Crippen LogP contribution in [0.5, 0.6) is 0 Å². The second kappa shape index (κ2) is 5.31. The van der Waals surface area contributed by atoms with Crippen molar-refractivity contribution in [3.63, 3.8) is 0 Å². The Morgan fingerprint density at radius 1 is 1.33 bits per heavy atom. The molecule has 3 nitrogen and oxygen atoms in total. The van der Waals surface area contributed by atoms with Gasteiger partial charge < -0.3 is 5.73 Å². The van der Waals surface area contributed by atoms with E-state index in [1.807, 2.05) is 17.5 Å². The third kappa shape index (κ3) is 2.96. The van der Waals surface area contributed by atoms with E-state index in [4.69, 9.17) is 5.73 Å². The van der Waals surface area contributed by atoms with Gasteiger partial charge in [0.05, 0.1) is 5.69 Å². The number of nitrogens with two attached hydrogens (primary N) is 1. The Morgan fingerprint density at radius 3 is 2.50 bits per heavy atom. The highest BCUT2D eigenvalue weighted by molar-refractivity contribution is 7.12. The van der Waals surface area contributed by atoms with Crippen LogP contribution in [0, 0.1) is 5.92 Å². The minimum atomic E-state index is -0.470. The lowest BCUT2D eigenvalue weighted by molar-refractivity contribution is 0.1000. The van der Waals surface area contributed by atoms with E-state index in [2.05, 4.69) is 31.0 Å². The predicted octanol–water partition coefficient (Wildman–Crippen LogP) is 3.11. The largest absolute Gasteiger partial charge is 0.364 e. The van der Waals surface area contributed by atoms with Gasteiger partial charge in [-0.15, -0.1) is 11.3 Å². The molecule has 18 heavy (non-hydrogen) atoms. The second-order valence-corrected chi connectivity index (χ2v) is 5.56. The molecule has 0 bridgehead atoms. The van der Waals surface area contributed by atoms with Gasteiger partial charge in [-0.05, 0) is 17.9 Å². The number of amides is 1. The number of carbonyl (C=O) groups excluding carboxylic acids is 1. The number of rotatable bonds is 4. The number of primary amides is 1. The van der Waals surface area contributed by atoms with Gasteiger partial charge in [0.15, 0.2) is 5.01 Å². The van der Waals surface area contributed by atoms with Crippen molar-refractivity contribution in [1.82, 2.24) is 4.98 Å². The van der Waals surface area contributed by atoms with Crippen molar-refractivity contribution in [3.8, 4) is 11.3 Å². The number of hydrogen-bond acceptors (Lipinski definition) is 3. The summed E-state index contributed by atoms with van der Waals surface area (Å²) in [7, 11) is 0. The molecule has 2 N–H and O–H groups in total. The predicted molar refractivity (Wildman–Crippen MR) is 74.6 cm³/mol. The van der Waals surface area contributed by atoms with Crippen LogP contribution in [0.15, 0.2) is 29.6 Å². The van der Waals surface area contributed by atoms with E-state index in [9.17, 15) is 4.79 Å². The molecule has 0 spiro atoms. The summed E-state index contributed by atoms with van der Waals surface area (Å²) in [5, 5.41) is 2.22. The molecule has 0 unspecified atom stereocenters. The highest BCUT2D eigenvalue weighted by atomic mass is 32.1. The normalized spacial score (nSPS) is 10.8. The molecular weight excluding hydrogens is 244 g/mol. The fraction of sp³-hybridized carbons (Fsp3) is 0.286. The maximum absolute atomic E-state index is 11.0. The highest BCUT2D eigenvalue weighted by Crippen LogP contribution is 2.22. The van der Waals surface area contributed by atoms with Gasteiger partial charge >= 0.3 is 0 Å². The van der Waals surface area contributed by atoms with Crippen molar-refractivity contribution >= 4 is 17.2 Å². The first kappa shape index (κ1) is 12.8. The summed E-state index contributed by atoms with van der Waals surface area (Å²) < 4.78 is 0. The molecule has 1 aromatic carbocycles. The summed E-state index contributed by atoms with van der Waals surface area (Å²) in [6.45, 7) is 4.40. The smallest absolute Gasteiger partial charge is 0.277 e. The van der Waals surface area contributed by atoms with E-state index in [1.54, 1.807) is 0 Å². The SMILES string of the molecule is CC(C)Cc1ccc(-c2csc(C(N)=O)n2)cc1. The Labute approximate surface area is 111 Å². The molecule has 2 rings (SSSR count). The van der Waals surface area contributed by atoms with E-state index in [0.717, 1.165) is 17.7 Å². The van der Waals surface area contributed by atoms with Gasteiger partial charge in [-0.2, -0.15) is 0 Å². The quantitative estimate of drug-likeness (QED) is 0.918. The first-order valence-corrected chi connectivity index (χ1v) is 6.79. The molecule has 0 atom stereocenters. The van der Waals surface area contributed by atoms with E-state index in [-0.39, 0.29) is 0 Å². The average Bonchev–Trinajstić information content (AvgIpc) is 2.78. The van der Waals surface area contributed by atoms with E-state index >= 15 is 0 Å². The zero-order chi connectivity index (χ0) is 13.1. The van der Waals surface area contributed by atoms with Gasteiger partial charge in [-0.1, -0.05) is 38.1 Å². The van der Waals surface area contributed by atoms with Crippen LogP contribution in [0.25, 0.3) is 11.3 Å². The molecule has 0 saturated heterocycles. The molecule has 0 fully saturated rings. The van der Waals surface area contributed by atoms with Crippen molar-refractivity contribution in [3.05, 3.63) is 40.2 Å². The number of aromatic nitrogens is 1. The molecule has 1 aromatic heterocycles. The van der Waals surface area contributed by atoms with E-state index in [0.29, 0.717) is 10.9 Å². The zero-order valence-corrected chi connectivity index (χ0v) is 11.3. The Morgan fingerprint density at radius 2 is 2.00 bits per heavy atom. The van der Waals surface area contributed by atoms with Gasteiger partial charge in [-0.25, -0.2) is 4.98 Å². The molecule has 1 heterocycles. The summed E-state index contributed by atoms with van der Waals surface area (Å²) in [6, 6.07) is 8.30. The van der Waals surface area contributed by atoms with Crippen LogP contribution < -0.4 is 5.73 Å². The fourth-order valence-electron chi connectivity index (χ4n) is 1.80. The summed E-state index contributed by atoms with van der Waals surface area (Å²) in [5.74, 6) is 0.180. The lowest BCUT2D eigenvalue weighted by Gasteiger charge is -2.05. The fourth-order valence-corrected chi connectivity index (χ4v) is 2.48. The summed E-state index contributed by atoms with van der Waals surface area (Å²) in [6.07, 6.45) is 1.07. The average molecular weight is 260 g/mol. The van der Waals surface area contributed by atoms with Crippen LogP contribution in [-0.2, 0) is 6.42 Å². The number of nitrogens with zero attached hydrogens (tertiary/aromatic N) is 1. The molecule has 2 aromatic rings. The van der Waals surface area contributed by atoms with Crippen molar-refractivity contribution in [2.24, 2.45) is 11.7 Å². The highest BCUT2D eigenvalue weighted by Gasteiger charge is 2.08. The Kier molecular flexibility index (Phi) is 3.77. The van der Waals surface area contributed by atoms with Crippen molar-refractivity contribution in [2.75, 3.05) is 0 Å². The zero-order valence-electron chi connectivity index (χ0n) is 10.5. The molecular formula is C14H16N2OS.